The number of carbonyl (C=O) groups is 1. The molecule has 2 rings (SSSR count). The molecule has 0 atom stereocenters. The van der Waals surface area contributed by atoms with Crippen LogP contribution in [0.25, 0.3) is 0 Å². The molecule has 0 bridgehead atoms. The molecule has 1 fully saturated rings. The van der Waals surface area contributed by atoms with E-state index in [1.165, 1.54) is 0 Å². The van der Waals surface area contributed by atoms with E-state index in [0.717, 1.165) is 44.2 Å². The van der Waals surface area contributed by atoms with Gasteiger partial charge in [-0.2, -0.15) is 5.10 Å². The molecule has 112 valence electrons. The van der Waals surface area contributed by atoms with Gasteiger partial charge in [0.1, 0.15) is 5.78 Å². The fourth-order valence-corrected chi connectivity index (χ4v) is 3.10. The molecule has 0 amide bonds. The van der Waals surface area contributed by atoms with E-state index in [2.05, 4.69) is 18.9 Å². The summed E-state index contributed by atoms with van der Waals surface area (Å²) in [6.45, 7) is 4.35. The Morgan fingerprint density at radius 1 is 1.35 bits per heavy atom. The predicted molar refractivity (Wildman–Crippen MR) is 80.5 cm³/mol. The zero-order valence-electron chi connectivity index (χ0n) is 12.7. The van der Waals surface area contributed by atoms with Crippen molar-refractivity contribution in [3.63, 3.8) is 0 Å². The van der Waals surface area contributed by atoms with Gasteiger partial charge in [0.05, 0.1) is 18.2 Å². The molecule has 0 aliphatic heterocycles. The Balaban J connectivity index is 1.91. The number of nitrogens with zero attached hydrogens (tertiary/aromatic N) is 2. The third-order valence-corrected chi connectivity index (χ3v) is 4.56. The van der Waals surface area contributed by atoms with E-state index in [1.807, 2.05) is 16.9 Å². The van der Waals surface area contributed by atoms with E-state index < -0.39 is 0 Å². The van der Waals surface area contributed by atoms with Gasteiger partial charge in [0.15, 0.2) is 0 Å². The maximum atomic E-state index is 12.3. The summed E-state index contributed by atoms with van der Waals surface area (Å²) in [5.74, 6) is 0.541. The van der Waals surface area contributed by atoms with Gasteiger partial charge in [0, 0.05) is 18.2 Å². The fraction of sp³-hybridized carbons (Fsp3) is 0.750. The Bertz CT molecular complexity index is 429. The van der Waals surface area contributed by atoms with E-state index >= 15 is 0 Å². The summed E-state index contributed by atoms with van der Waals surface area (Å²) >= 11 is 0. The summed E-state index contributed by atoms with van der Waals surface area (Å²) in [5.41, 5.74) is 6.80. The van der Waals surface area contributed by atoms with Gasteiger partial charge in [0.2, 0.25) is 0 Å². The SMILES string of the molecule is CCC(CC)n1ccc(CC(=O)C2CCC(N)CC2)n1. The Morgan fingerprint density at radius 3 is 2.60 bits per heavy atom. The molecule has 1 aromatic rings. The second-order valence-corrected chi connectivity index (χ2v) is 6.01. The van der Waals surface area contributed by atoms with Crippen LogP contribution in [0.15, 0.2) is 12.3 Å². The minimum absolute atomic E-state index is 0.202. The standard InChI is InChI=1S/C16H27N3O/c1-3-15(4-2)19-10-9-14(18-19)11-16(20)12-5-7-13(17)8-6-12/h9-10,12-13,15H,3-8,11,17H2,1-2H3. The molecule has 4 heteroatoms. The molecular weight excluding hydrogens is 250 g/mol. The van der Waals surface area contributed by atoms with Gasteiger partial charge in [-0.15, -0.1) is 0 Å². The average molecular weight is 277 g/mol. The lowest BCUT2D eigenvalue weighted by atomic mass is 9.83. The molecule has 4 nitrogen and oxygen atoms in total. The molecule has 1 saturated carbocycles. The molecule has 20 heavy (non-hydrogen) atoms. The molecule has 2 N–H and O–H groups in total. The van der Waals surface area contributed by atoms with E-state index in [0.29, 0.717) is 24.3 Å². The molecule has 0 unspecified atom stereocenters. The first-order chi connectivity index (χ1) is 9.63. The second-order valence-electron chi connectivity index (χ2n) is 6.01. The quantitative estimate of drug-likeness (QED) is 0.869. The molecule has 0 radical (unpaired) electrons. The number of hydrogen-bond acceptors (Lipinski definition) is 3. The van der Waals surface area contributed by atoms with Crippen molar-refractivity contribution in [3.8, 4) is 0 Å². The first kappa shape index (κ1) is 15.2. The first-order valence-electron chi connectivity index (χ1n) is 7.96. The lowest BCUT2D eigenvalue weighted by Gasteiger charge is -2.24. The fourth-order valence-electron chi connectivity index (χ4n) is 3.10. The lowest BCUT2D eigenvalue weighted by Crippen LogP contribution is -2.30. The van der Waals surface area contributed by atoms with Gasteiger partial charge >= 0.3 is 0 Å². The molecule has 1 heterocycles. The minimum Gasteiger partial charge on any atom is -0.328 e. The van der Waals surface area contributed by atoms with Gasteiger partial charge < -0.3 is 5.73 Å². The van der Waals surface area contributed by atoms with Crippen molar-refractivity contribution in [3.05, 3.63) is 18.0 Å². The second kappa shape index (κ2) is 7.02. The van der Waals surface area contributed by atoms with Gasteiger partial charge in [-0.05, 0) is 44.6 Å². The van der Waals surface area contributed by atoms with Crippen molar-refractivity contribution < 1.29 is 4.79 Å². The van der Waals surface area contributed by atoms with Crippen LogP contribution < -0.4 is 5.73 Å². The predicted octanol–water partition coefficient (Wildman–Crippen LogP) is 2.87. The van der Waals surface area contributed by atoms with Crippen molar-refractivity contribution in [2.24, 2.45) is 11.7 Å². The number of nitrogens with two attached hydrogens (primary N) is 1. The zero-order valence-corrected chi connectivity index (χ0v) is 12.7. The smallest absolute Gasteiger partial charge is 0.141 e. The normalized spacial score (nSPS) is 23.2. The summed E-state index contributed by atoms with van der Waals surface area (Å²) in [7, 11) is 0. The van der Waals surface area contributed by atoms with Gasteiger partial charge in [-0.25, -0.2) is 0 Å². The molecule has 1 aromatic heterocycles. The van der Waals surface area contributed by atoms with Crippen molar-refractivity contribution in [2.75, 3.05) is 0 Å². The monoisotopic (exact) mass is 277 g/mol. The van der Waals surface area contributed by atoms with Gasteiger partial charge in [0.25, 0.3) is 0 Å². The molecule has 0 spiro atoms. The molecular formula is C16H27N3O. The minimum atomic E-state index is 0.202. The zero-order chi connectivity index (χ0) is 14.5. The first-order valence-corrected chi connectivity index (χ1v) is 7.96. The summed E-state index contributed by atoms with van der Waals surface area (Å²) < 4.78 is 2.01. The van der Waals surface area contributed by atoms with Crippen LogP contribution >= 0.6 is 0 Å². The number of carbonyl (C=O) groups excluding carboxylic acids is 1. The van der Waals surface area contributed by atoms with Gasteiger partial charge in [-0.3, -0.25) is 9.48 Å². The van der Waals surface area contributed by atoms with E-state index in [4.69, 9.17) is 5.73 Å². The van der Waals surface area contributed by atoms with Crippen LogP contribution in [0.1, 0.15) is 64.1 Å². The van der Waals surface area contributed by atoms with Crippen molar-refractivity contribution in [1.29, 1.82) is 0 Å². The maximum absolute atomic E-state index is 12.3. The average Bonchev–Trinajstić information content (AvgIpc) is 2.89. The topological polar surface area (TPSA) is 60.9 Å². The van der Waals surface area contributed by atoms with Crippen LogP contribution in [0.5, 0.6) is 0 Å². The van der Waals surface area contributed by atoms with Crippen LogP contribution in [0, 0.1) is 5.92 Å². The third-order valence-electron chi connectivity index (χ3n) is 4.56. The number of rotatable bonds is 6. The highest BCUT2D eigenvalue weighted by Gasteiger charge is 2.25. The maximum Gasteiger partial charge on any atom is 0.141 e. The Hall–Kier alpha value is -1.16. The largest absolute Gasteiger partial charge is 0.328 e. The highest BCUT2D eigenvalue weighted by Crippen LogP contribution is 2.25. The van der Waals surface area contributed by atoms with Crippen LogP contribution in [0.4, 0.5) is 0 Å². The summed E-state index contributed by atoms with van der Waals surface area (Å²) in [4.78, 5) is 12.3. The molecule has 0 saturated heterocycles. The Labute approximate surface area is 121 Å². The van der Waals surface area contributed by atoms with Gasteiger partial charge in [-0.1, -0.05) is 13.8 Å². The van der Waals surface area contributed by atoms with Crippen molar-refractivity contribution in [2.45, 2.75) is 70.9 Å². The number of ketones is 1. The highest BCUT2D eigenvalue weighted by atomic mass is 16.1. The third kappa shape index (κ3) is 3.69. The summed E-state index contributed by atoms with van der Waals surface area (Å²) in [6, 6.07) is 2.74. The Morgan fingerprint density at radius 2 is 2.00 bits per heavy atom. The molecule has 0 aromatic carbocycles. The summed E-state index contributed by atoms with van der Waals surface area (Å²) in [5, 5.41) is 4.57. The van der Waals surface area contributed by atoms with E-state index in [1.54, 1.807) is 0 Å². The highest BCUT2D eigenvalue weighted by molar-refractivity contribution is 5.82. The number of hydrogen-bond donors (Lipinski definition) is 1. The van der Waals surface area contributed by atoms with Crippen LogP contribution in [0.3, 0.4) is 0 Å². The van der Waals surface area contributed by atoms with Crippen LogP contribution in [-0.2, 0) is 11.2 Å². The van der Waals surface area contributed by atoms with Crippen LogP contribution in [-0.4, -0.2) is 21.6 Å². The van der Waals surface area contributed by atoms with Crippen molar-refractivity contribution in [1.82, 2.24) is 9.78 Å². The van der Waals surface area contributed by atoms with E-state index in [-0.39, 0.29) is 5.92 Å². The Kier molecular flexibility index (Phi) is 5.35. The number of Topliss-reactive ketones (excluding diaryl/α,β-unsaturated/α-hetero) is 1. The molecule has 1 aliphatic carbocycles. The van der Waals surface area contributed by atoms with Crippen LogP contribution in [0.2, 0.25) is 0 Å². The summed E-state index contributed by atoms with van der Waals surface area (Å²) in [6.07, 6.45) is 8.51. The molecule has 1 aliphatic rings. The lowest BCUT2D eigenvalue weighted by molar-refractivity contribution is -0.123. The van der Waals surface area contributed by atoms with Crippen molar-refractivity contribution >= 4 is 5.78 Å². The van der Waals surface area contributed by atoms with E-state index in [9.17, 15) is 4.79 Å². The number of aromatic nitrogens is 2.